The van der Waals surface area contributed by atoms with Gasteiger partial charge in [-0.15, -0.1) is 5.10 Å². The van der Waals surface area contributed by atoms with Gasteiger partial charge in [0.1, 0.15) is 0 Å². The number of nitrogens with zero attached hydrogens (tertiary/aromatic N) is 4. The molecule has 1 aromatic heterocycles. The van der Waals surface area contributed by atoms with Crippen molar-refractivity contribution in [2.75, 3.05) is 51.2 Å². The molecule has 5 nitrogen and oxygen atoms in total. The number of piperidine rings is 1. The molecule has 1 atom stereocenters. The summed E-state index contributed by atoms with van der Waals surface area (Å²) in [6, 6.07) is 4.32. The van der Waals surface area contributed by atoms with E-state index in [1.54, 1.807) is 0 Å². The molecule has 104 valence electrons. The molecule has 0 saturated carbocycles. The van der Waals surface area contributed by atoms with Gasteiger partial charge in [0.2, 0.25) is 0 Å². The van der Waals surface area contributed by atoms with E-state index in [1.807, 2.05) is 0 Å². The topological polar surface area (TPSA) is 44.3 Å². The van der Waals surface area contributed by atoms with Crippen LogP contribution in [0.5, 0.6) is 0 Å². The lowest BCUT2D eigenvalue weighted by molar-refractivity contribution is 0.248. The SMILES string of the molecule is CN1CCCC(c2ccc(N3CCNCC3)nn2)C1. The number of anilines is 1. The highest BCUT2D eigenvalue weighted by atomic mass is 15.3. The minimum Gasteiger partial charge on any atom is -0.353 e. The lowest BCUT2D eigenvalue weighted by Crippen LogP contribution is -2.44. The van der Waals surface area contributed by atoms with Gasteiger partial charge in [-0.05, 0) is 38.6 Å². The lowest BCUT2D eigenvalue weighted by Gasteiger charge is -2.30. The summed E-state index contributed by atoms with van der Waals surface area (Å²) in [7, 11) is 2.19. The predicted molar refractivity (Wildman–Crippen MR) is 76.6 cm³/mol. The van der Waals surface area contributed by atoms with E-state index < -0.39 is 0 Å². The van der Waals surface area contributed by atoms with Crippen molar-refractivity contribution in [1.29, 1.82) is 0 Å². The molecule has 2 aliphatic rings. The fraction of sp³-hybridized carbons (Fsp3) is 0.714. The molecule has 3 rings (SSSR count). The normalized spacial score (nSPS) is 25.5. The zero-order chi connectivity index (χ0) is 13.1. The molecule has 2 saturated heterocycles. The van der Waals surface area contributed by atoms with Gasteiger partial charge in [0.05, 0.1) is 5.69 Å². The number of piperazine rings is 1. The smallest absolute Gasteiger partial charge is 0.151 e. The Kier molecular flexibility index (Phi) is 3.94. The average molecular weight is 261 g/mol. The molecule has 0 amide bonds. The fourth-order valence-corrected chi connectivity index (χ4v) is 3.02. The van der Waals surface area contributed by atoms with E-state index in [9.17, 15) is 0 Å². The second-order valence-corrected chi connectivity index (χ2v) is 5.65. The standard InChI is InChI=1S/C14H23N5/c1-18-8-2-3-12(11-18)13-4-5-14(17-16-13)19-9-6-15-7-10-19/h4-5,12,15H,2-3,6-11H2,1H3. The number of hydrogen-bond donors (Lipinski definition) is 1. The molecule has 1 N–H and O–H groups in total. The Hall–Kier alpha value is -1.20. The highest BCUT2D eigenvalue weighted by Crippen LogP contribution is 2.25. The Morgan fingerprint density at radius 1 is 1.16 bits per heavy atom. The van der Waals surface area contributed by atoms with E-state index in [0.29, 0.717) is 5.92 Å². The van der Waals surface area contributed by atoms with Crippen molar-refractivity contribution in [3.05, 3.63) is 17.8 Å². The van der Waals surface area contributed by atoms with Gasteiger partial charge < -0.3 is 15.1 Å². The van der Waals surface area contributed by atoms with Crippen molar-refractivity contribution in [2.24, 2.45) is 0 Å². The zero-order valence-corrected chi connectivity index (χ0v) is 11.7. The third kappa shape index (κ3) is 3.04. The molecule has 0 bridgehead atoms. The number of nitrogens with one attached hydrogen (secondary N) is 1. The van der Waals surface area contributed by atoms with Crippen LogP contribution < -0.4 is 10.2 Å². The van der Waals surface area contributed by atoms with Crippen LogP contribution in [0.4, 0.5) is 5.82 Å². The van der Waals surface area contributed by atoms with Gasteiger partial charge >= 0.3 is 0 Å². The lowest BCUT2D eigenvalue weighted by atomic mass is 9.95. The molecular formula is C14H23N5. The quantitative estimate of drug-likeness (QED) is 0.849. The monoisotopic (exact) mass is 261 g/mol. The first-order valence-corrected chi connectivity index (χ1v) is 7.31. The van der Waals surface area contributed by atoms with Crippen LogP contribution in [-0.4, -0.2) is 61.4 Å². The molecule has 19 heavy (non-hydrogen) atoms. The highest BCUT2D eigenvalue weighted by molar-refractivity contribution is 5.38. The minimum absolute atomic E-state index is 0.559. The van der Waals surface area contributed by atoms with Crippen LogP contribution in [0.2, 0.25) is 0 Å². The predicted octanol–water partition coefficient (Wildman–Crippen LogP) is 0.695. The van der Waals surface area contributed by atoms with Crippen molar-refractivity contribution in [3.63, 3.8) is 0 Å². The van der Waals surface area contributed by atoms with Crippen LogP contribution in [-0.2, 0) is 0 Å². The summed E-state index contributed by atoms with van der Waals surface area (Å²) in [5, 5.41) is 12.3. The van der Waals surface area contributed by atoms with E-state index in [1.165, 1.54) is 19.4 Å². The third-order valence-corrected chi connectivity index (χ3v) is 4.15. The number of hydrogen-bond acceptors (Lipinski definition) is 5. The molecule has 0 spiro atoms. The van der Waals surface area contributed by atoms with Crippen LogP contribution >= 0.6 is 0 Å². The summed E-state index contributed by atoms with van der Waals surface area (Å²) >= 11 is 0. The highest BCUT2D eigenvalue weighted by Gasteiger charge is 2.21. The Morgan fingerprint density at radius 3 is 2.68 bits per heavy atom. The molecule has 1 unspecified atom stereocenters. The molecule has 5 heteroatoms. The van der Waals surface area contributed by atoms with Crippen LogP contribution in [0.25, 0.3) is 0 Å². The summed E-state index contributed by atoms with van der Waals surface area (Å²) in [5.74, 6) is 1.58. The van der Waals surface area contributed by atoms with Crippen LogP contribution in [0.1, 0.15) is 24.5 Å². The Balaban J connectivity index is 1.67. The summed E-state index contributed by atoms with van der Waals surface area (Å²) in [4.78, 5) is 4.69. The van der Waals surface area contributed by atoms with Gasteiger partial charge in [-0.2, -0.15) is 5.10 Å². The molecule has 0 aromatic carbocycles. The second-order valence-electron chi connectivity index (χ2n) is 5.65. The Bertz CT molecular complexity index is 399. The Labute approximate surface area is 115 Å². The van der Waals surface area contributed by atoms with Crippen LogP contribution in [0.3, 0.4) is 0 Å². The molecule has 3 heterocycles. The Morgan fingerprint density at radius 2 is 2.00 bits per heavy atom. The number of likely N-dealkylation sites (tertiary alicyclic amines) is 1. The van der Waals surface area contributed by atoms with Gasteiger partial charge in [-0.3, -0.25) is 0 Å². The maximum absolute atomic E-state index is 4.47. The third-order valence-electron chi connectivity index (χ3n) is 4.15. The fourth-order valence-electron chi connectivity index (χ4n) is 3.02. The molecular weight excluding hydrogens is 238 g/mol. The minimum atomic E-state index is 0.559. The first-order chi connectivity index (χ1) is 9.33. The zero-order valence-electron chi connectivity index (χ0n) is 11.7. The van der Waals surface area contributed by atoms with Crippen molar-refractivity contribution in [2.45, 2.75) is 18.8 Å². The van der Waals surface area contributed by atoms with E-state index in [0.717, 1.165) is 44.2 Å². The van der Waals surface area contributed by atoms with Gasteiger partial charge in [0.25, 0.3) is 0 Å². The maximum Gasteiger partial charge on any atom is 0.151 e. The number of aromatic nitrogens is 2. The second kappa shape index (κ2) is 5.84. The van der Waals surface area contributed by atoms with Crippen molar-refractivity contribution in [1.82, 2.24) is 20.4 Å². The van der Waals surface area contributed by atoms with Crippen LogP contribution in [0.15, 0.2) is 12.1 Å². The number of likely N-dealkylation sites (N-methyl/N-ethyl adjacent to an activating group) is 1. The molecule has 1 aromatic rings. The summed E-state index contributed by atoms with van der Waals surface area (Å²) in [6.45, 7) is 6.46. The van der Waals surface area contributed by atoms with E-state index in [4.69, 9.17) is 0 Å². The largest absolute Gasteiger partial charge is 0.353 e. The van der Waals surface area contributed by atoms with Gasteiger partial charge in [-0.25, -0.2) is 0 Å². The van der Waals surface area contributed by atoms with E-state index in [2.05, 4.69) is 44.5 Å². The van der Waals surface area contributed by atoms with Crippen molar-refractivity contribution < 1.29 is 0 Å². The van der Waals surface area contributed by atoms with Crippen molar-refractivity contribution in [3.8, 4) is 0 Å². The van der Waals surface area contributed by atoms with E-state index in [-0.39, 0.29) is 0 Å². The average Bonchev–Trinajstić information content (AvgIpc) is 2.48. The van der Waals surface area contributed by atoms with Gasteiger partial charge in [-0.1, -0.05) is 0 Å². The first kappa shape index (κ1) is 12.8. The molecule has 0 aliphatic carbocycles. The van der Waals surface area contributed by atoms with Gasteiger partial charge in [0, 0.05) is 38.6 Å². The molecule has 0 radical (unpaired) electrons. The summed E-state index contributed by atoms with van der Waals surface area (Å²) in [5.41, 5.74) is 1.16. The van der Waals surface area contributed by atoms with Crippen molar-refractivity contribution >= 4 is 5.82 Å². The first-order valence-electron chi connectivity index (χ1n) is 7.31. The number of rotatable bonds is 2. The summed E-state index contributed by atoms with van der Waals surface area (Å²) < 4.78 is 0. The van der Waals surface area contributed by atoms with Gasteiger partial charge in [0.15, 0.2) is 5.82 Å². The van der Waals surface area contributed by atoms with Crippen LogP contribution in [0, 0.1) is 0 Å². The van der Waals surface area contributed by atoms with E-state index >= 15 is 0 Å². The molecule has 2 aliphatic heterocycles. The molecule has 2 fully saturated rings. The maximum atomic E-state index is 4.47. The summed E-state index contributed by atoms with van der Waals surface area (Å²) in [6.07, 6.45) is 2.51.